The van der Waals surface area contributed by atoms with Gasteiger partial charge in [0.15, 0.2) is 0 Å². The van der Waals surface area contributed by atoms with Gasteiger partial charge >= 0.3 is 57.5 Å². The Kier molecular flexibility index (Phi) is 35.4. The zero-order valence-corrected chi connectivity index (χ0v) is 8.74. The van der Waals surface area contributed by atoms with E-state index in [4.69, 9.17) is 9.90 Å². The molecule has 0 bridgehead atoms. The number of nitrogens with two attached hydrogens (primary N) is 1. The van der Waals surface area contributed by atoms with Crippen molar-refractivity contribution in [3.8, 4) is 0 Å². The minimum absolute atomic E-state index is 0. The Morgan fingerprint density at radius 3 is 1.71 bits per heavy atom. The molecule has 0 aromatic rings. The van der Waals surface area contributed by atoms with Crippen LogP contribution in [0.1, 0.15) is 1.43 Å². The summed E-state index contributed by atoms with van der Waals surface area (Å²) in [4.78, 5) is 8.78. The van der Waals surface area contributed by atoms with E-state index in [0.717, 1.165) is 0 Å². The predicted molar refractivity (Wildman–Crippen MR) is 31.3 cm³/mol. The quantitative estimate of drug-likeness (QED) is 0.183. The molecule has 0 aliphatic rings. The molecule has 0 aliphatic carbocycles. The van der Waals surface area contributed by atoms with Crippen molar-refractivity contribution in [3.05, 3.63) is 0 Å². The van der Waals surface area contributed by atoms with Crippen LogP contribution in [0, 0.1) is 0 Å². The van der Waals surface area contributed by atoms with Crippen LogP contribution in [0.15, 0.2) is 0 Å². The molecule has 0 aliphatic heterocycles. The number of hydrogen-bond donors (Lipinski definition) is 4. The van der Waals surface area contributed by atoms with Crippen LogP contribution in [0.25, 0.3) is 0 Å². The van der Waals surface area contributed by atoms with E-state index >= 15 is 0 Å². The molecule has 0 rings (SSSR count). The van der Waals surface area contributed by atoms with Gasteiger partial charge in [-0.1, -0.05) is 0 Å². The molecule has 0 heterocycles. The summed E-state index contributed by atoms with van der Waals surface area (Å²) in [6.45, 7) is 0. The molecule has 40 valence electrons. The van der Waals surface area contributed by atoms with E-state index in [9.17, 15) is 0 Å². The van der Waals surface area contributed by atoms with E-state index in [2.05, 4.69) is 29.1 Å². The van der Waals surface area contributed by atoms with Crippen LogP contribution in [0.4, 0.5) is 4.79 Å². The van der Waals surface area contributed by atoms with E-state index in [1.54, 1.807) is 0 Å². The van der Waals surface area contributed by atoms with Crippen molar-refractivity contribution in [2.45, 2.75) is 0 Å². The average molecular weight is 167 g/mol. The molecule has 0 saturated heterocycles. The first-order valence-corrected chi connectivity index (χ1v) is 2.52. The second-order valence-electron chi connectivity index (χ2n) is 0.338. The van der Waals surface area contributed by atoms with Gasteiger partial charge in [0, 0.05) is 0 Å². The number of thiol groups is 2. The molecule has 3 nitrogen and oxygen atoms in total. The molecule has 6 heteroatoms. The smallest absolute Gasteiger partial charge is 1.00 e. The molecule has 0 radical (unpaired) electrons. The summed E-state index contributed by atoms with van der Waals surface area (Å²) in [5, 5.41) is 7.19. The van der Waals surface area contributed by atoms with Gasteiger partial charge in [0.2, 0.25) is 0 Å². The van der Waals surface area contributed by atoms with Gasteiger partial charge in [0.1, 0.15) is 0 Å². The summed E-state index contributed by atoms with van der Waals surface area (Å²) in [6.07, 6.45) is -1.33. The largest absolute Gasteiger partial charge is 1.00 e. The molecule has 7 heavy (non-hydrogen) atoms. The van der Waals surface area contributed by atoms with Gasteiger partial charge in [-0.25, -0.2) is 4.79 Å². The number of amides is 1. The second-order valence-corrected chi connectivity index (χ2v) is 0.338. The molecule has 0 spiro atoms. The van der Waals surface area contributed by atoms with Crippen molar-refractivity contribution in [1.82, 2.24) is 0 Å². The Bertz CT molecular complexity index is 43.0. The van der Waals surface area contributed by atoms with Gasteiger partial charge in [-0.3, -0.25) is 0 Å². The maximum Gasteiger partial charge on any atom is 1.00 e. The maximum atomic E-state index is 8.78. The zero-order valence-electron chi connectivity index (χ0n) is 4.83. The molecule has 0 fully saturated rings. The summed E-state index contributed by atoms with van der Waals surface area (Å²) in [6, 6.07) is 0. The van der Waals surface area contributed by atoms with Crippen molar-refractivity contribution >= 4 is 29.4 Å². The monoisotopic (exact) mass is 167 g/mol. The van der Waals surface area contributed by atoms with Crippen LogP contribution in [-0.4, -0.2) is 11.2 Å². The van der Waals surface area contributed by atoms with Gasteiger partial charge in [0.05, 0.1) is 0 Å². The minimum Gasteiger partial charge on any atom is -1.00 e. The SMILES string of the molecule is NC(=O)O.SS.[H-].[K+]. The number of rotatable bonds is 0. The molecule has 1 amide bonds. The molecule has 0 unspecified atom stereocenters. The predicted octanol–water partition coefficient (Wildman–Crippen LogP) is -2.50. The molecule has 0 aromatic carbocycles. The number of hydrogen-bond acceptors (Lipinski definition) is 3. The maximum absolute atomic E-state index is 8.78. The van der Waals surface area contributed by atoms with Gasteiger partial charge in [-0.05, 0) is 0 Å². The summed E-state index contributed by atoms with van der Waals surface area (Å²) < 4.78 is 0. The fourth-order valence-corrected chi connectivity index (χ4v) is 0. The summed E-state index contributed by atoms with van der Waals surface area (Å²) in [5.74, 6) is 0. The van der Waals surface area contributed by atoms with Gasteiger partial charge < -0.3 is 12.3 Å². The van der Waals surface area contributed by atoms with E-state index in [1.165, 1.54) is 0 Å². The average Bonchev–Trinajstić information content (AvgIpc) is 1.41. The molecule has 3 N–H and O–H groups in total. The fourth-order valence-electron chi connectivity index (χ4n) is 0. The molecular formula is CH6KNO2S2. The van der Waals surface area contributed by atoms with Gasteiger partial charge in [-0.2, -0.15) is 0 Å². The Morgan fingerprint density at radius 1 is 1.71 bits per heavy atom. The van der Waals surface area contributed by atoms with Crippen molar-refractivity contribution < 1.29 is 62.7 Å². The van der Waals surface area contributed by atoms with Crippen molar-refractivity contribution in [1.29, 1.82) is 0 Å². The van der Waals surface area contributed by atoms with Crippen molar-refractivity contribution in [3.63, 3.8) is 0 Å². The number of carbonyl (C=O) groups is 1. The minimum atomic E-state index is -1.33. The van der Waals surface area contributed by atoms with Gasteiger partial charge in [-0.15, -0.1) is 23.3 Å². The molecule has 0 aromatic heterocycles. The first-order chi connectivity index (χ1) is 2.73. The van der Waals surface area contributed by atoms with Gasteiger partial charge in [0.25, 0.3) is 0 Å². The Labute approximate surface area is 96.2 Å². The first-order valence-electron chi connectivity index (χ1n) is 0.916. The standard InChI is InChI=1S/CH3NO2.K.H2S2.H/c2-1(3)4;;1-2;/h2H2,(H,3,4);;1-2H;/q;+1;;-1. The summed E-state index contributed by atoms with van der Waals surface area (Å²) >= 11 is 6.44. The Balaban J connectivity index is -0.0000000183. The molecule has 0 atom stereocenters. The Hall–Kier alpha value is 1.61. The third kappa shape index (κ3) is 92.7. The second kappa shape index (κ2) is 15.6. The molecule has 0 saturated carbocycles. The van der Waals surface area contributed by atoms with E-state index in [0.29, 0.717) is 0 Å². The van der Waals surface area contributed by atoms with Crippen LogP contribution in [0.2, 0.25) is 0 Å². The summed E-state index contributed by atoms with van der Waals surface area (Å²) in [7, 11) is 0. The van der Waals surface area contributed by atoms with E-state index in [-0.39, 0.29) is 52.8 Å². The summed E-state index contributed by atoms with van der Waals surface area (Å²) in [5.41, 5.74) is 4.03. The third-order valence-electron chi connectivity index (χ3n) is 0. The fraction of sp³-hybridized carbons (Fsp3) is 0. The number of primary amides is 1. The van der Waals surface area contributed by atoms with E-state index in [1.807, 2.05) is 0 Å². The van der Waals surface area contributed by atoms with Crippen LogP contribution in [-0.2, 0) is 0 Å². The number of carboxylic acid groups (broad SMARTS) is 1. The van der Waals surface area contributed by atoms with E-state index < -0.39 is 6.09 Å². The topological polar surface area (TPSA) is 63.3 Å². The van der Waals surface area contributed by atoms with Crippen LogP contribution in [0.5, 0.6) is 0 Å². The van der Waals surface area contributed by atoms with Crippen LogP contribution >= 0.6 is 23.3 Å². The van der Waals surface area contributed by atoms with Crippen LogP contribution < -0.4 is 57.1 Å². The zero-order chi connectivity index (χ0) is 5.58. The van der Waals surface area contributed by atoms with Crippen molar-refractivity contribution in [2.75, 3.05) is 0 Å². The normalized spacial score (nSPS) is 4.29. The third-order valence-corrected chi connectivity index (χ3v) is 0. The first kappa shape index (κ1) is 15.8. The Morgan fingerprint density at radius 2 is 1.71 bits per heavy atom. The molecular weight excluding hydrogens is 161 g/mol. The van der Waals surface area contributed by atoms with Crippen molar-refractivity contribution in [2.24, 2.45) is 5.73 Å². The van der Waals surface area contributed by atoms with Crippen LogP contribution in [0.3, 0.4) is 0 Å².